The number of aliphatic imine (C=N–C) groups is 1. The van der Waals surface area contributed by atoms with Gasteiger partial charge in [-0.3, -0.25) is 4.99 Å². The summed E-state index contributed by atoms with van der Waals surface area (Å²) in [5, 5.41) is 16.0. The molecule has 1 atom stereocenters. The van der Waals surface area contributed by atoms with Crippen LogP contribution in [-0.4, -0.2) is 62.8 Å². The zero-order valence-corrected chi connectivity index (χ0v) is 17.5. The first kappa shape index (κ1) is 24.2. The van der Waals surface area contributed by atoms with E-state index in [4.69, 9.17) is 4.99 Å². The number of aliphatic hydroxyl groups excluding tert-OH is 1. The number of hydrogen-bond donors (Lipinski definition) is 3. The molecule has 0 aliphatic rings. The smallest absolute Gasteiger partial charge is 0.191 e. The Balaban J connectivity index is 4.01. The first-order valence-electron chi connectivity index (χ1n) is 10.3. The maximum Gasteiger partial charge on any atom is 0.191 e. The average Bonchev–Trinajstić information content (AvgIpc) is 2.54. The summed E-state index contributed by atoms with van der Waals surface area (Å²) in [5.41, 5.74) is 0. The van der Waals surface area contributed by atoms with Gasteiger partial charge in [-0.1, -0.05) is 33.1 Å². The van der Waals surface area contributed by atoms with Crippen LogP contribution in [-0.2, 0) is 0 Å². The van der Waals surface area contributed by atoms with Crippen LogP contribution in [0.5, 0.6) is 0 Å². The number of rotatable bonds is 15. The third kappa shape index (κ3) is 16.4. The Morgan fingerprint density at radius 1 is 1.04 bits per heavy atom. The minimum atomic E-state index is 0.255. The number of aliphatic hydroxyl groups is 1. The SMILES string of the molecule is CCNC(=NCC(CCO)CC(C)C)NCCCCCCCN(C)C. The normalized spacial score (nSPS) is 13.5. The first-order valence-corrected chi connectivity index (χ1v) is 10.3. The Morgan fingerprint density at radius 3 is 2.32 bits per heavy atom. The van der Waals surface area contributed by atoms with Gasteiger partial charge < -0.3 is 20.6 Å². The third-order valence-corrected chi connectivity index (χ3v) is 4.27. The van der Waals surface area contributed by atoms with Gasteiger partial charge in [0.1, 0.15) is 0 Å². The van der Waals surface area contributed by atoms with E-state index in [1.165, 1.54) is 38.6 Å². The Bertz CT molecular complexity index is 319. The lowest BCUT2D eigenvalue weighted by atomic mass is 9.94. The van der Waals surface area contributed by atoms with Gasteiger partial charge in [0.05, 0.1) is 0 Å². The highest BCUT2D eigenvalue weighted by molar-refractivity contribution is 5.79. The van der Waals surface area contributed by atoms with Crippen LogP contribution in [0.3, 0.4) is 0 Å². The highest BCUT2D eigenvalue weighted by Gasteiger charge is 2.10. The summed E-state index contributed by atoms with van der Waals surface area (Å²) in [7, 11) is 4.27. The summed E-state index contributed by atoms with van der Waals surface area (Å²) < 4.78 is 0. The van der Waals surface area contributed by atoms with Gasteiger partial charge in [0.15, 0.2) is 5.96 Å². The van der Waals surface area contributed by atoms with Crippen LogP contribution in [0, 0.1) is 11.8 Å². The van der Waals surface area contributed by atoms with Crippen molar-refractivity contribution in [2.45, 2.75) is 65.7 Å². The molecule has 1 unspecified atom stereocenters. The molecule has 0 aromatic rings. The summed E-state index contributed by atoms with van der Waals surface area (Å²) in [6.07, 6.45) is 8.37. The summed E-state index contributed by atoms with van der Waals surface area (Å²) >= 11 is 0. The van der Waals surface area contributed by atoms with Crippen LogP contribution in [0.4, 0.5) is 0 Å². The van der Waals surface area contributed by atoms with Crippen molar-refractivity contribution in [2.75, 3.05) is 46.9 Å². The van der Waals surface area contributed by atoms with Gasteiger partial charge in [0.2, 0.25) is 0 Å². The van der Waals surface area contributed by atoms with Crippen molar-refractivity contribution >= 4 is 5.96 Å². The van der Waals surface area contributed by atoms with Crippen LogP contribution in [0.25, 0.3) is 0 Å². The average molecular weight is 357 g/mol. The van der Waals surface area contributed by atoms with Crippen LogP contribution in [0.2, 0.25) is 0 Å². The molecule has 0 aliphatic heterocycles. The Labute approximate surface area is 156 Å². The van der Waals surface area contributed by atoms with Crippen molar-refractivity contribution in [3.8, 4) is 0 Å². The molecule has 150 valence electrons. The lowest BCUT2D eigenvalue weighted by Gasteiger charge is -2.17. The number of unbranched alkanes of at least 4 members (excludes halogenated alkanes) is 4. The van der Waals surface area contributed by atoms with E-state index < -0.39 is 0 Å². The molecule has 0 aliphatic carbocycles. The molecule has 0 aromatic heterocycles. The molecule has 5 nitrogen and oxygen atoms in total. The largest absolute Gasteiger partial charge is 0.396 e. The zero-order chi connectivity index (χ0) is 18.9. The van der Waals surface area contributed by atoms with Crippen LogP contribution >= 0.6 is 0 Å². The molecule has 0 aromatic carbocycles. The fourth-order valence-electron chi connectivity index (χ4n) is 2.99. The van der Waals surface area contributed by atoms with Gasteiger partial charge in [-0.15, -0.1) is 0 Å². The van der Waals surface area contributed by atoms with E-state index in [0.717, 1.165) is 38.4 Å². The number of hydrogen-bond acceptors (Lipinski definition) is 3. The van der Waals surface area contributed by atoms with Gasteiger partial charge in [-0.2, -0.15) is 0 Å². The molecule has 5 heteroatoms. The lowest BCUT2D eigenvalue weighted by molar-refractivity contribution is 0.245. The van der Waals surface area contributed by atoms with Gasteiger partial charge in [-0.25, -0.2) is 0 Å². The lowest BCUT2D eigenvalue weighted by Crippen LogP contribution is -2.38. The highest BCUT2D eigenvalue weighted by Crippen LogP contribution is 2.15. The van der Waals surface area contributed by atoms with E-state index in [1.807, 2.05) is 0 Å². The molecule has 0 amide bonds. The maximum atomic E-state index is 9.23. The Morgan fingerprint density at radius 2 is 1.72 bits per heavy atom. The summed E-state index contributed by atoms with van der Waals surface area (Å²) in [4.78, 5) is 6.98. The van der Waals surface area contributed by atoms with Crippen molar-refractivity contribution in [1.29, 1.82) is 0 Å². The standard InChI is InChI=1S/C20H44N4O/c1-6-21-20(23-17-19(12-15-25)16-18(2)3)22-13-10-8-7-9-11-14-24(4)5/h18-19,25H,6-17H2,1-5H3,(H2,21,22,23). The molecule has 0 rings (SSSR count). The monoisotopic (exact) mass is 356 g/mol. The molecule has 0 saturated heterocycles. The Kier molecular flexibility index (Phi) is 16.1. The van der Waals surface area contributed by atoms with E-state index in [9.17, 15) is 5.11 Å². The quantitative estimate of drug-likeness (QED) is 0.240. The summed E-state index contributed by atoms with van der Waals surface area (Å²) in [5.74, 6) is 2.04. The molecule has 25 heavy (non-hydrogen) atoms. The highest BCUT2D eigenvalue weighted by atomic mass is 16.3. The fourth-order valence-corrected chi connectivity index (χ4v) is 2.99. The topological polar surface area (TPSA) is 59.9 Å². The van der Waals surface area contributed by atoms with E-state index in [1.54, 1.807) is 0 Å². The number of nitrogens with one attached hydrogen (secondary N) is 2. The molecule has 0 heterocycles. The van der Waals surface area contributed by atoms with Crippen LogP contribution < -0.4 is 10.6 Å². The maximum absolute atomic E-state index is 9.23. The second-order valence-corrected chi connectivity index (χ2v) is 7.73. The predicted molar refractivity (Wildman–Crippen MR) is 110 cm³/mol. The fraction of sp³-hybridized carbons (Fsp3) is 0.950. The molecule has 3 N–H and O–H groups in total. The van der Waals surface area contributed by atoms with Crippen molar-refractivity contribution in [3.05, 3.63) is 0 Å². The minimum absolute atomic E-state index is 0.255. The molecule has 0 fully saturated rings. The molecular formula is C20H44N4O. The number of nitrogens with zero attached hydrogens (tertiary/aromatic N) is 2. The second kappa shape index (κ2) is 16.6. The molecule has 0 radical (unpaired) electrons. The Hall–Kier alpha value is -0.810. The van der Waals surface area contributed by atoms with Crippen molar-refractivity contribution < 1.29 is 5.11 Å². The van der Waals surface area contributed by atoms with Crippen LogP contribution in [0.15, 0.2) is 4.99 Å². The van der Waals surface area contributed by atoms with Crippen molar-refractivity contribution in [3.63, 3.8) is 0 Å². The van der Waals surface area contributed by atoms with E-state index in [-0.39, 0.29) is 6.61 Å². The molecular weight excluding hydrogens is 312 g/mol. The van der Waals surface area contributed by atoms with E-state index in [0.29, 0.717) is 11.8 Å². The van der Waals surface area contributed by atoms with E-state index in [2.05, 4.69) is 50.4 Å². The van der Waals surface area contributed by atoms with Gasteiger partial charge >= 0.3 is 0 Å². The zero-order valence-electron chi connectivity index (χ0n) is 17.5. The van der Waals surface area contributed by atoms with Crippen LogP contribution in [0.1, 0.15) is 65.7 Å². The number of guanidine groups is 1. The van der Waals surface area contributed by atoms with Gasteiger partial charge in [0, 0.05) is 26.2 Å². The second-order valence-electron chi connectivity index (χ2n) is 7.73. The van der Waals surface area contributed by atoms with Crippen molar-refractivity contribution in [2.24, 2.45) is 16.8 Å². The van der Waals surface area contributed by atoms with Gasteiger partial charge in [-0.05, 0) is 65.1 Å². The molecule has 0 spiro atoms. The van der Waals surface area contributed by atoms with E-state index >= 15 is 0 Å². The van der Waals surface area contributed by atoms with Crippen molar-refractivity contribution in [1.82, 2.24) is 15.5 Å². The third-order valence-electron chi connectivity index (χ3n) is 4.27. The minimum Gasteiger partial charge on any atom is -0.396 e. The summed E-state index contributed by atoms with van der Waals surface area (Å²) in [6, 6.07) is 0. The molecule has 0 saturated carbocycles. The molecule has 0 bridgehead atoms. The first-order chi connectivity index (χ1) is 12.0. The summed E-state index contributed by atoms with van der Waals surface area (Å²) in [6.45, 7) is 10.7. The predicted octanol–water partition coefficient (Wildman–Crippen LogP) is 3.10. The van der Waals surface area contributed by atoms with Gasteiger partial charge in [0.25, 0.3) is 0 Å².